The summed E-state index contributed by atoms with van der Waals surface area (Å²) in [5.74, 6) is -3.33. The van der Waals surface area contributed by atoms with Crippen molar-refractivity contribution < 1.29 is 27.9 Å². The predicted molar refractivity (Wildman–Crippen MR) is 94.8 cm³/mol. The van der Waals surface area contributed by atoms with Crippen LogP contribution in [0.15, 0.2) is 42.5 Å². The van der Waals surface area contributed by atoms with Crippen LogP contribution in [0.5, 0.6) is 0 Å². The summed E-state index contributed by atoms with van der Waals surface area (Å²) in [5, 5.41) is 5.01. The number of ether oxygens (including phenoxy) is 1. The lowest BCUT2D eigenvalue weighted by Crippen LogP contribution is -2.48. The van der Waals surface area contributed by atoms with Crippen LogP contribution in [0.1, 0.15) is 29.7 Å². The first-order valence-electron chi connectivity index (χ1n) is 8.62. The van der Waals surface area contributed by atoms with Gasteiger partial charge in [-0.15, -0.1) is 0 Å². The van der Waals surface area contributed by atoms with Crippen LogP contribution >= 0.6 is 0 Å². The van der Waals surface area contributed by atoms with Crippen LogP contribution in [0.3, 0.4) is 0 Å². The van der Waals surface area contributed by atoms with Crippen molar-refractivity contribution in [3.63, 3.8) is 0 Å². The number of hydrogen-bond acceptors (Lipinski definition) is 4. The number of rotatable bonds is 5. The van der Waals surface area contributed by atoms with Gasteiger partial charge < -0.3 is 15.4 Å². The Hall–Kier alpha value is -3.29. The maximum absolute atomic E-state index is 13.2. The van der Waals surface area contributed by atoms with Gasteiger partial charge in [-0.05, 0) is 35.7 Å². The van der Waals surface area contributed by atoms with Gasteiger partial charge in [-0.1, -0.05) is 24.3 Å². The van der Waals surface area contributed by atoms with Crippen LogP contribution in [0.25, 0.3) is 0 Å². The second kappa shape index (κ2) is 8.16. The lowest BCUT2D eigenvalue weighted by Gasteiger charge is -2.26. The summed E-state index contributed by atoms with van der Waals surface area (Å²) in [6.07, 6.45) is -0.291. The van der Waals surface area contributed by atoms with E-state index in [-0.39, 0.29) is 18.6 Å². The molecule has 3 rings (SSSR count). The number of fused-ring (bicyclic) bond motifs is 1. The van der Waals surface area contributed by atoms with E-state index >= 15 is 0 Å². The van der Waals surface area contributed by atoms with E-state index in [9.17, 15) is 23.2 Å². The topological polar surface area (TPSA) is 84.5 Å². The molecule has 0 fully saturated rings. The van der Waals surface area contributed by atoms with Crippen LogP contribution in [-0.2, 0) is 32.1 Å². The number of cyclic esters (lactones) is 1. The maximum Gasteiger partial charge on any atom is 0.333 e. The van der Waals surface area contributed by atoms with Crippen molar-refractivity contribution in [1.82, 2.24) is 10.6 Å². The Bertz CT molecular complexity index is 912. The highest BCUT2D eigenvalue weighted by atomic mass is 19.1. The Morgan fingerprint density at radius 2 is 1.86 bits per heavy atom. The summed E-state index contributed by atoms with van der Waals surface area (Å²) in [6.45, 7) is 1.58. The Morgan fingerprint density at radius 1 is 1.18 bits per heavy atom. The first kappa shape index (κ1) is 19.5. The van der Waals surface area contributed by atoms with E-state index in [1.54, 1.807) is 24.3 Å². The normalized spacial score (nSPS) is 16.5. The summed E-state index contributed by atoms with van der Waals surface area (Å²) in [4.78, 5) is 36.5. The van der Waals surface area contributed by atoms with E-state index in [4.69, 9.17) is 4.74 Å². The van der Waals surface area contributed by atoms with Crippen molar-refractivity contribution in [2.75, 3.05) is 0 Å². The van der Waals surface area contributed by atoms with Crippen molar-refractivity contribution in [1.29, 1.82) is 0 Å². The third-order valence-corrected chi connectivity index (χ3v) is 4.32. The highest BCUT2D eigenvalue weighted by molar-refractivity contribution is 5.91. The number of carbonyl (C=O) groups excluding carboxylic acids is 3. The van der Waals surface area contributed by atoms with E-state index in [0.29, 0.717) is 11.6 Å². The smallest absolute Gasteiger partial charge is 0.333 e. The van der Waals surface area contributed by atoms with Crippen molar-refractivity contribution in [3.05, 3.63) is 70.8 Å². The van der Waals surface area contributed by atoms with Gasteiger partial charge >= 0.3 is 5.97 Å². The molecule has 2 aromatic carbocycles. The van der Waals surface area contributed by atoms with Gasteiger partial charge in [0.2, 0.25) is 11.8 Å². The summed E-state index contributed by atoms with van der Waals surface area (Å²) >= 11 is 0. The highest BCUT2D eigenvalue weighted by Crippen LogP contribution is 2.25. The summed E-state index contributed by atoms with van der Waals surface area (Å²) in [6, 6.07) is 7.94. The van der Waals surface area contributed by atoms with Crippen molar-refractivity contribution in [2.45, 2.75) is 32.0 Å². The fraction of sp³-hybridized carbons (Fsp3) is 0.250. The second-order valence-corrected chi connectivity index (χ2v) is 6.49. The van der Waals surface area contributed by atoms with Gasteiger partial charge in [0.15, 0.2) is 6.04 Å². The molecule has 8 heteroatoms. The number of nitrogens with one attached hydrogen (secondary N) is 2. The molecule has 2 N–H and O–H groups in total. The van der Waals surface area contributed by atoms with Crippen LogP contribution in [0.4, 0.5) is 8.78 Å². The standard InChI is InChI=1S/C20H18F2N2O4/c1-11(23-17(25)8-12-6-14(21)9-15(22)7-12)19(26)24-18-16-5-3-2-4-13(16)10-28-20(18)27/h2-7,9,11,18H,8,10H2,1H3,(H,23,25)(H,24,26)/t11-,18?/m0/s1. The molecule has 0 spiro atoms. The minimum Gasteiger partial charge on any atom is -0.459 e. The fourth-order valence-corrected chi connectivity index (χ4v) is 2.97. The zero-order valence-electron chi connectivity index (χ0n) is 15.0. The summed E-state index contributed by atoms with van der Waals surface area (Å²) in [7, 11) is 0. The van der Waals surface area contributed by atoms with E-state index in [1.165, 1.54) is 6.92 Å². The Morgan fingerprint density at radius 3 is 2.57 bits per heavy atom. The zero-order valence-corrected chi connectivity index (χ0v) is 15.0. The average molecular weight is 388 g/mol. The Balaban J connectivity index is 1.61. The van der Waals surface area contributed by atoms with Crippen LogP contribution in [0, 0.1) is 11.6 Å². The molecule has 0 saturated heterocycles. The molecule has 28 heavy (non-hydrogen) atoms. The van der Waals surface area contributed by atoms with E-state index < -0.39 is 41.5 Å². The minimum atomic E-state index is -0.965. The molecule has 2 atom stereocenters. The lowest BCUT2D eigenvalue weighted by atomic mass is 9.98. The van der Waals surface area contributed by atoms with Gasteiger partial charge in [0.05, 0.1) is 6.42 Å². The number of esters is 1. The highest BCUT2D eigenvalue weighted by Gasteiger charge is 2.31. The molecule has 2 aromatic rings. The molecule has 0 radical (unpaired) electrons. The van der Waals surface area contributed by atoms with Crippen LogP contribution in [-0.4, -0.2) is 23.8 Å². The number of halogens is 2. The lowest BCUT2D eigenvalue weighted by molar-refractivity contribution is -0.151. The molecule has 0 bridgehead atoms. The quantitative estimate of drug-likeness (QED) is 0.767. The van der Waals surface area contributed by atoms with Gasteiger partial charge in [-0.2, -0.15) is 0 Å². The first-order valence-corrected chi connectivity index (χ1v) is 8.62. The third kappa shape index (κ3) is 4.51. The molecule has 2 amide bonds. The zero-order chi connectivity index (χ0) is 20.3. The largest absolute Gasteiger partial charge is 0.459 e. The van der Waals surface area contributed by atoms with Crippen molar-refractivity contribution in [2.24, 2.45) is 0 Å². The SMILES string of the molecule is C[C@H](NC(=O)Cc1cc(F)cc(F)c1)C(=O)NC1C(=O)OCc2ccccc21. The monoisotopic (exact) mass is 388 g/mol. The average Bonchev–Trinajstić information content (AvgIpc) is 2.63. The fourth-order valence-electron chi connectivity index (χ4n) is 2.97. The van der Waals surface area contributed by atoms with Gasteiger partial charge in [-0.25, -0.2) is 13.6 Å². The van der Waals surface area contributed by atoms with Crippen molar-refractivity contribution >= 4 is 17.8 Å². The molecule has 1 aliphatic heterocycles. The second-order valence-electron chi connectivity index (χ2n) is 6.49. The summed E-state index contributed by atoms with van der Waals surface area (Å²) in [5.41, 5.74) is 1.57. The van der Waals surface area contributed by atoms with Crippen molar-refractivity contribution in [3.8, 4) is 0 Å². The van der Waals surface area contributed by atoms with E-state index in [1.807, 2.05) is 0 Å². The molecule has 6 nitrogen and oxygen atoms in total. The minimum absolute atomic E-state index is 0.137. The molecular weight excluding hydrogens is 370 g/mol. The third-order valence-electron chi connectivity index (χ3n) is 4.32. The van der Waals surface area contributed by atoms with Gasteiger partial charge in [0.25, 0.3) is 0 Å². The molecule has 1 unspecified atom stereocenters. The van der Waals surface area contributed by atoms with E-state index in [2.05, 4.69) is 10.6 Å². The number of amides is 2. The maximum atomic E-state index is 13.2. The molecule has 0 saturated carbocycles. The molecular formula is C20H18F2N2O4. The van der Waals surface area contributed by atoms with Gasteiger partial charge in [0.1, 0.15) is 24.3 Å². The molecule has 0 aromatic heterocycles. The molecule has 1 aliphatic rings. The van der Waals surface area contributed by atoms with Crippen LogP contribution in [0.2, 0.25) is 0 Å². The number of benzene rings is 2. The predicted octanol–water partition coefficient (Wildman–Crippen LogP) is 1.93. The molecule has 0 aliphatic carbocycles. The van der Waals surface area contributed by atoms with Gasteiger partial charge in [0, 0.05) is 6.07 Å². The Labute approximate surface area is 159 Å². The molecule has 1 heterocycles. The van der Waals surface area contributed by atoms with Crippen LogP contribution < -0.4 is 10.6 Å². The number of carbonyl (C=O) groups is 3. The Kier molecular flexibility index (Phi) is 5.67. The summed E-state index contributed by atoms with van der Waals surface area (Å²) < 4.78 is 31.5. The van der Waals surface area contributed by atoms with Gasteiger partial charge in [-0.3, -0.25) is 9.59 Å². The molecule has 146 valence electrons. The van der Waals surface area contributed by atoms with E-state index in [0.717, 1.165) is 17.7 Å². The number of hydrogen-bond donors (Lipinski definition) is 2. The first-order chi connectivity index (χ1) is 13.3.